The highest BCUT2D eigenvalue weighted by molar-refractivity contribution is 5.73. The van der Waals surface area contributed by atoms with Crippen LogP contribution in [0.25, 0.3) is 0 Å². The Labute approximate surface area is 80.4 Å². The van der Waals surface area contributed by atoms with Crippen LogP contribution in [0.5, 0.6) is 5.75 Å². The van der Waals surface area contributed by atoms with E-state index in [1.54, 1.807) is 6.07 Å². The Bertz CT molecular complexity index is 386. The molecule has 0 aromatic heterocycles. The summed E-state index contributed by atoms with van der Waals surface area (Å²) >= 11 is 0. The monoisotopic (exact) mass is 194 g/mol. The number of aliphatic hydroxyl groups excluding tert-OH is 1. The Morgan fingerprint density at radius 1 is 1.43 bits per heavy atom. The SMILES string of the molecule is O=C(O)C1Cc2cc(O)ccc2C1O. The molecule has 4 nitrogen and oxygen atoms in total. The van der Waals surface area contributed by atoms with E-state index >= 15 is 0 Å². The molecule has 3 N–H and O–H groups in total. The minimum Gasteiger partial charge on any atom is -0.508 e. The summed E-state index contributed by atoms with van der Waals surface area (Å²) in [5.41, 5.74) is 1.32. The van der Waals surface area contributed by atoms with Gasteiger partial charge in [0.15, 0.2) is 0 Å². The molecule has 2 rings (SSSR count). The molecule has 0 amide bonds. The highest BCUT2D eigenvalue weighted by Crippen LogP contribution is 2.37. The lowest BCUT2D eigenvalue weighted by Crippen LogP contribution is -2.17. The van der Waals surface area contributed by atoms with Crippen LogP contribution in [0.3, 0.4) is 0 Å². The molecule has 0 fully saturated rings. The average Bonchev–Trinajstić information content (AvgIpc) is 2.43. The quantitative estimate of drug-likeness (QED) is 0.614. The number of fused-ring (bicyclic) bond motifs is 1. The summed E-state index contributed by atoms with van der Waals surface area (Å²) < 4.78 is 0. The molecule has 0 spiro atoms. The molecule has 0 saturated heterocycles. The van der Waals surface area contributed by atoms with Gasteiger partial charge < -0.3 is 15.3 Å². The second kappa shape index (κ2) is 2.99. The number of carbonyl (C=O) groups is 1. The molecule has 74 valence electrons. The zero-order valence-electron chi connectivity index (χ0n) is 7.34. The lowest BCUT2D eigenvalue weighted by atomic mass is 10.0. The Balaban J connectivity index is 2.40. The van der Waals surface area contributed by atoms with Crippen LogP contribution in [0.2, 0.25) is 0 Å². The van der Waals surface area contributed by atoms with Gasteiger partial charge in [0.1, 0.15) is 5.75 Å². The number of benzene rings is 1. The van der Waals surface area contributed by atoms with Gasteiger partial charge in [0.2, 0.25) is 0 Å². The molecule has 4 heteroatoms. The Morgan fingerprint density at radius 3 is 2.79 bits per heavy atom. The van der Waals surface area contributed by atoms with E-state index in [1.165, 1.54) is 12.1 Å². The van der Waals surface area contributed by atoms with Gasteiger partial charge in [-0.15, -0.1) is 0 Å². The Morgan fingerprint density at radius 2 is 2.14 bits per heavy atom. The number of rotatable bonds is 1. The summed E-state index contributed by atoms with van der Waals surface area (Å²) in [6.07, 6.45) is -0.677. The number of carboxylic acid groups (broad SMARTS) is 1. The van der Waals surface area contributed by atoms with Gasteiger partial charge in [-0.05, 0) is 29.7 Å². The largest absolute Gasteiger partial charge is 0.508 e. The molecule has 14 heavy (non-hydrogen) atoms. The average molecular weight is 194 g/mol. The van der Waals surface area contributed by atoms with Crippen LogP contribution >= 0.6 is 0 Å². The van der Waals surface area contributed by atoms with Crippen molar-refractivity contribution in [2.45, 2.75) is 12.5 Å². The molecule has 0 bridgehead atoms. The molecule has 0 radical (unpaired) electrons. The third-order valence-corrected chi connectivity index (χ3v) is 2.58. The van der Waals surface area contributed by atoms with Crippen LogP contribution in [0.4, 0.5) is 0 Å². The zero-order valence-corrected chi connectivity index (χ0v) is 7.34. The zero-order chi connectivity index (χ0) is 10.3. The standard InChI is InChI=1S/C10H10O4/c11-6-1-2-7-5(3-6)4-8(9(7)12)10(13)14/h1-3,8-9,11-12H,4H2,(H,13,14). The van der Waals surface area contributed by atoms with E-state index in [-0.39, 0.29) is 12.2 Å². The molecule has 1 aliphatic rings. The molecule has 2 atom stereocenters. The van der Waals surface area contributed by atoms with Crippen molar-refractivity contribution in [3.8, 4) is 5.75 Å². The number of phenolic OH excluding ortho intramolecular Hbond substituents is 1. The van der Waals surface area contributed by atoms with E-state index in [1.807, 2.05) is 0 Å². The highest BCUT2D eigenvalue weighted by atomic mass is 16.4. The van der Waals surface area contributed by atoms with E-state index in [0.717, 1.165) is 0 Å². The van der Waals surface area contributed by atoms with Gasteiger partial charge in [-0.2, -0.15) is 0 Å². The fourth-order valence-corrected chi connectivity index (χ4v) is 1.85. The number of phenols is 1. The minimum atomic E-state index is -1.01. The first-order valence-corrected chi connectivity index (χ1v) is 4.32. The maximum atomic E-state index is 10.7. The fourth-order valence-electron chi connectivity index (χ4n) is 1.85. The molecule has 0 heterocycles. The van der Waals surface area contributed by atoms with Gasteiger partial charge >= 0.3 is 5.97 Å². The molecular formula is C10H10O4. The van der Waals surface area contributed by atoms with Gasteiger partial charge in [-0.1, -0.05) is 6.07 Å². The predicted molar refractivity (Wildman–Crippen MR) is 47.9 cm³/mol. The number of carboxylic acids is 1. The molecule has 1 aromatic carbocycles. The third kappa shape index (κ3) is 1.24. The van der Waals surface area contributed by atoms with Gasteiger partial charge in [-0.3, -0.25) is 4.79 Å². The topological polar surface area (TPSA) is 77.8 Å². The van der Waals surface area contributed by atoms with E-state index < -0.39 is 18.0 Å². The van der Waals surface area contributed by atoms with E-state index in [0.29, 0.717) is 11.1 Å². The number of hydrogen-bond acceptors (Lipinski definition) is 3. The van der Waals surface area contributed by atoms with Crippen LogP contribution in [0, 0.1) is 5.92 Å². The summed E-state index contributed by atoms with van der Waals surface area (Å²) in [6, 6.07) is 4.52. The second-order valence-electron chi connectivity index (χ2n) is 3.48. The first kappa shape index (κ1) is 9.02. The number of hydrogen-bond donors (Lipinski definition) is 3. The number of aliphatic hydroxyl groups is 1. The van der Waals surface area contributed by atoms with E-state index in [9.17, 15) is 15.0 Å². The van der Waals surface area contributed by atoms with Gasteiger partial charge in [-0.25, -0.2) is 0 Å². The van der Waals surface area contributed by atoms with Crippen molar-refractivity contribution in [2.24, 2.45) is 5.92 Å². The van der Waals surface area contributed by atoms with Crippen molar-refractivity contribution in [1.82, 2.24) is 0 Å². The first-order chi connectivity index (χ1) is 6.59. The lowest BCUT2D eigenvalue weighted by molar-refractivity contribution is -0.145. The van der Waals surface area contributed by atoms with Gasteiger partial charge in [0.25, 0.3) is 0 Å². The highest BCUT2D eigenvalue weighted by Gasteiger charge is 2.35. The number of aliphatic carboxylic acids is 1. The molecule has 1 aromatic rings. The summed E-state index contributed by atoms with van der Waals surface area (Å²) in [7, 11) is 0. The molecular weight excluding hydrogens is 184 g/mol. The van der Waals surface area contributed by atoms with Crippen LogP contribution in [-0.2, 0) is 11.2 Å². The Hall–Kier alpha value is -1.55. The summed E-state index contributed by atoms with van der Waals surface area (Å²) in [5.74, 6) is -1.69. The molecule has 0 aliphatic heterocycles. The Kier molecular flexibility index (Phi) is 1.93. The summed E-state index contributed by atoms with van der Waals surface area (Å²) in [5, 5.41) is 27.6. The van der Waals surface area contributed by atoms with Crippen molar-refractivity contribution in [3.05, 3.63) is 29.3 Å². The van der Waals surface area contributed by atoms with Crippen molar-refractivity contribution in [3.63, 3.8) is 0 Å². The van der Waals surface area contributed by atoms with Crippen molar-refractivity contribution in [2.75, 3.05) is 0 Å². The van der Waals surface area contributed by atoms with Gasteiger partial charge in [0, 0.05) is 0 Å². The number of aromatic hydroxyl groups is 1. The maximum absolute atomic E-state index is 10.7. The fraction of sp³-hybridized carbons (Fsp3) is 0.300. The van der Waals surface area contributed by atoms with E-state index in [2.05, 4.69) is 0 Å². The second-order valence-corrected chi connectivity index (χ2v) is 3.48. The normalized spacial score (nSPS) is 24.6. The smallest absolute Gasteiger partial charge is 0.309 e. The summed E-state index contributed by atoms with van der Waals surface area (Å²) in [4.78, 5) is 10.7. The van der Waals surface area contributed by atoms with Crippen molar-refractivity contribution < 1.29 is 20.1 Å². The molecule has 1 aliphatic carbocycles. The third-order valence-electron chi connectivity index (χ3n) is 2.58. The minimum absolute atomic E-state index is 0.0991. The van der Waals surface area contributed by atoms with Crippen molar-refractivity contribution >= 4 is 5.97 Å². The summed E-state index contributed by atoms with van der Waals surface area (Å²) in [6.45, 7) is 0. The maximum Gasteiger partial charge on any atom is 0.309 e. The van der Waals surface area contributed by atoms with Crippen LogP contribution in [0.1, 0.15) is 17.2 Å². The first-order valence-electron chi connectivity index (χ1n) is 4.32. The van der Waals surface area contributed by atoms with E-state index in [4.69, 9.17) is 5.11 Å². The lowest BCUT2D eigenvalue weighted by Gasteiger charge is -2.08. The van der Waals surface area contributed by atoms with Gasteiger partial charge in [0.05, 0.1) is 12.0 Å². The van der Waals surface area contributed by atoms with Crippen molar-refractivity contribution in [1.29, 1.82) is 0 Å². The van der Waals surface area contributed by atoms with Crippen LogP contribution in [0.15, 0.2) is 18.2 Å². The predicted octanol–water partition coefficient (Wildman–Crippen LogP) is 0.682. The van der Waals surface area contributed by atoms with Crippen LogP contribution in [-0.4, -0.2) is 21.3 Å². The molecule has 2 unspecified atom stereocenters. The van der Waals surface area contributed by atoms with Crippen LogP contribution < -0.4 is 0 Å². The molecule has 0 saturated carbocycles.